The number of fused-ring (bicyclic) bond motifs is 2. The van der Waals surface area contributed by atoms with E-state index in [1.165, 1.54) is 187 Å². The summed E-state index contributed by atoms with van der Waals surface area (Å²) in [5.74, 6) is -7.04. The molecule has 2 aliphatic heterocycles. The molecule has 6 aromatic rings. The lowest BCUT2D eigenvalue weighted by atomic mass is 9.76. The Kier molecular flexibility index (Phi) is 47.0. The summed E-state index contributed by atoms with van der Waals surface area (Å²) in [6, 6.07) is 32.8. The molecule has 132 heavy (non-hydrogen) atoms. The third-order valence-electron chi connectivity index (χ3n) is 22.1. The van der Waals surface area contributed by atoms with Crippen LogP contribution >= 0.6 is 74.5 Å². The molecule has 0 radical (unpaired) electrons. The lowest BCUT2D eigenvalue weighted by Gasteiger charge is -2.53. The fourth-order valence-electron chi connectivity index (χ4n) is 15.2. The van der Waals surface area contributed by atoms with Gasteiger partial charge < -0.3 is 61.6 Å². The van der Waals surface area contributed by atoms with Crippen LogP contribution < -0.4 is 18.9 Å². The number of esters is 5. The Hall–Kier alpha value is -8.11. The van der Waals surface area contributed by atoms with E-state index in [-0.39, 0.29) is 84.3 Å². The van der Waals surface area contributed by atoms with Gasteiger partial charge in [0.2, 0.25) is 0 Å². The van der Waals surface area contributed by atoms with Crippen molar-refractivity contribution in [2.24, 2.45) is 0 Å². The topological polar surface area (TPSA) is 274 Å². The lowest BCUT2D eigenvalue weighted by Crippen LogP contribution is -2.70. The standard InChI is InChI=1S/C100H120Br2Cl3F3NO22P/c1-4-6-8-10-12-14-16-18-20-21-23-25-27-29-31-33-35-41-88(111)124-82(67-121-87(110)40-34-32-30-28-26-24-22-19-17-15-13-11-9-7-5-2)68-123-132(115,122-61-37-60-109)131-97-95(129-98(116-3)58-62-117-63-59-98)93(127-90(113)70-119-80-52-46-77(104)47-53-80)92(126-89(112)69-118-79-50-44-76(103)45-51-79)94(128-91(114)71-120-81-54-48-78(105)49-55-81)96(97)130-99(72-38-36-39-73(64-72)100(106,107)108)83-65-74(101)42-56-85(83)125-86-57-43-75(102)66-84(86)99/h12,14,18,20,23,25,29,31,36,38-39,42-57,64-66,82,92-97H,4-11,13,15-17,19,21-22,24,26-28,30,32-35,37,40-41,58-59,61-63,67-71H2,1-3H3/b14-12-,20-18-,25-23-,31-29-/t82-,92-,93-,94+,95-,96-,97-,132?/m1/s1. The Balaban J connectivity index is 1.17. The van der Waals surface area contributed by atoms with Crippen LogP contribution in [-0.4, -0.2) is 138 Å². The van der Waals surface area contributed by atoms with Crippen LogP contribution in [0.4, 0.5) is 13.2 Å². The molecule has 9 rings (SSSR count). The van der Waals surface area contributed by atoms with Crippen molar-refractivity contribution >= 4 is 104 Å². The monoisotopic (exact) mass is 2040 g/mol. The van der Waals surface area contributed by atoms with E-state index in [4.69, 9.17) is 110 Å². The van der Waals surface area contributed by atoms with Crippen molar-refractivity contribution < 1.29 is 117 Å². The molecule has 1 aliphatic carbocycles. The molecule has 8 atom stereocenters. The number of carbonyl (C=O) groups is 5. The number of allylic oxidation sites excluding steroid dienone is 8. The number of benzene rings is 6. The fraction of sp³-hybridized carbons (Fsp3) is 0.500. The van der Waals surface area contributed by atoms with Gasteiger partial charge in [-0.05, 0) is 178 Å². The molecule has 1 saturated heterocycles. The maximum atomic E-state index is 17.1. The minimum absolute atomic E-state index is 0.0199. The van der Waals surface area contributed by atoms with E-state index in [9.17, 15) is 14.9 Å². The van der Waals surface area contributed by atoms with Gasteiger partial charge >= 0.3 is 43.8 Å². The minimum Gasteiger partial charge on any atom is -0.482 e. The second-order valence-corrected chi connectivity index (χ2v) is 36.9. The van der Waals surface area contributed by atoms with Crippen LogP contribution in [0.2, 0.25) is 15.1 Å². The molecule has 0 aromatic heterocycles. The molecular weight excluding hydrogens is 1920 g/mol. The highest BCUT2D eigenvalue weighted by atomic mass is 79.9. The largest absolute Gasteiger partial charge is 0.482 e. The van der Waals surface area contributed by atoms with Crippen LogP contribution in [0.5, 0.6) is 28.7 Å². The molecule has 2 heterocycles. The zero-order chi connectivity index (χ0) is 94.4. The molecule has 3 aliphatic rings. The smallest absolute Gasteiger partial charge is 0.475 e. The zero-order valence-corrected chi connectivity index (χ0v) is 81.3. The van der Waals surface area contributed by atoms with Gasteiger partial charge in [-0.15, -0.1) is 0 Å². The van der Waals surface area contributed by atoms with Crippen molar-refractivity contribution in [1.29, 1.82) is 5.26 Å². The Morgan fingerprint density at radius 3 is 1.42 bits per heavy atom. The van der Waals surface area contributed by atoms with Crippen molar-refractivity contribution in [2.45, 2.75) is 260 Å². The number of carbonyl (C=O) groups excluding carboxylic acids is 5. The van der Waals surface area contributed by atoms with Crippen LogP contribution in [0.1, 0.15) is 222 Å². The third-order valence-corrected chi connectivity index (χ3v) is 25.3. The molecule has 2 fully saturated rings. The average molecular weight is 2040 g/mol. The van der Waals surface area contributed by atoms with Gasteiger partial charge in [0.15, 0.2) is 55.6 Å². The molecule has 0 N–H and O–H groups in total. The molecule has 0 amide bonds. The number of hydrogen-bond donors (Lipinski definition) is 0. The van der Waals surface area contributed by atoms with Crippen molar-refractivity contribution in [3.8, 4) is 34.8 Å². The molecule has 1 saturated carbocycles. The van der Waals surface area contributed by atoms with E-state index < -0.39 is 150 Å². The molecule has 718 valence electrons. The molecule has 0 spiro atoms. The number of hydrogen-bond acceptors (Lipinski definition) is 23. The number of phosphoric acid groups is 1. The summed E-state index contributed by atoms with van der Waals surface area (Å²) < 4.78 is 169. The predicted octanol–water partition coefficient (Wildman–Crippen LogP) is 25.8. The second-order valence-electron chi connectivity index (χ2n) is 32.2. The number of nitriles is 1. The van der Waals surface area contributed by atoms with E-state index in [0.29, 0.717) is 49.7 Å². The maximum Gasteiger partial charge on any atom is 0.475 e. The first-order chi connectivity index (χ1) is 63.8. The Labute approximate surface area is 804 Å². The molecule has 6 aromatic carbocycles. The lowest BCUT2D eigenvalue weighted by molar-refractivity contribution is -0.335. The summed E-state index contributed by atoms with van der Waals surface area (Å²) in [4.78, 5) is 74.6. The Morgan fingerprint density at radius 2 is 0.955 bits per heavy atom. The first kappa shape index (κ1) is 108. The van der Waals surface area contributed by atoms with Gasteiger partial charge in [-0.2, -0.15) is 18.4 Å². The van der Waals surface area contributed by atoms with Crippen LogP contribution in [0.3, 0.4) is 0 Å². The summed E-state index contributed by atoms with van der Waals surface area (Å²) in [6.45, 7) is -1.15. The van der Waals surface area contributed by atoms with Crippen molar-refractivity contribution in [2.75, 3.05) is 60.0 Å². The van der Waals surface area contributed by atoms with E-state index in [1.807, 2.05) is 24.3 Å². The van der Waals surface area contributed by atoms with E-state index >= 15 is 32.1 Å². The summed E-state index contributed by atoms with van der Waals surface area (Å²) in [5.41, 5.74) is -4.24. The maximum absolute atomic E-state index is 17.1. The number of unbranched alkanes of at least 4 members (excludes halogenated alkanes) is 18. The minimum atomic E-state index is -5.79. The number of halogens is 8. The van der Waals surface area contributed by atoms with Gasteiger partial charge in [0.1, 0.15) is 53.7 Å². The number of alkyl halides is 3. The number of rotatable bonds is 59. The SMILES string of the molecule is CCCCC/C=C\C/C=C\C/C=C\C/C=C\CCCC(=O)O[C@H](COC(=O)CCCCCCCCCCCCCCCCC)COP(=O)(OCCC#N)O[C@@H]1[C@H](OC2(OC)CCOCC2)[C@H](OC(=O)COc2ccc(Cl)cc2)[C@@H](OC(=O)COc2ccc(Cl)cc2)[C@H](OC(=O)COc2ccc(Cl)cc2)[C@H]1OC1(c2cccc(C(F)(F)F)c2)c2cc(Br)ccc2Oc2ccc(Br)cc21. The quantitative estimate of drug-likeness (QED) is 0.00857. The highest BCUT2D eigenvalue weighted by molar-refractivity contribution is 9.10. The van der Waals surface area contributed by atoms with Crippen molar-refractivity contribution in [1.82, 2.24) is 0 Å². The number of phosphoric ester groups is 1. The van der Waals surface area contributed by atoms with Gasteiger partial charge in [-0.1, -0.05) is 244 Å². The molecule has 1 unspecified atom stereocenters. The van der Waals surface area contributed by atoms with E-state index in [2.05, 4.69) is 76.1 Å². The van der Waals surface area contributed by atoms with Gasteiger partial charge in [0.25, 0.3) is 0 Å². The molecule has 23 nitrogen and oxygen atoms in total. The second kappa shape index (κ2) is 57.7. The van der Waals surface area contributed by atoms with Crippen LogP contribution in [0, 0.1) is 11.3 Å². The van der Waals surface area contributed by atoms with Gasteiger partial charge in [-0.3, -0.25) is 23.2 Å². The summed E-state index contributed by atoms with van der Waals surface area (Å²) in [6.07, 6.45) is 18.8. The first-order valence-corrected chi connectivity index (χ1v) is 49.6. The average Bonchev–Trinajstić information content (AvgIpc) is 0.703. The van der Waals surface area contributed by atoms with E-state index in [0.717, 1.165) is 69.6 Å². The number of ether oxygens (including phenoxy) is 13. The predicted molar refractivity (Wildman–Crippen MR) is 503 cm³/mol. The Morgan fingerprint density at radius 1 is 0.515 bits per heavy atom. The summed E-state index contributed by atoms with van der Waals surface area (Å²) in [7, 11) is -4.50. The highest BCUT2D eigenvalue weighted by Gasteiger charge is 2.65. The van der Waals surface area contributed by atoms with Crippen LogP contribution in [0.15, 0.2) is 191 Å². The zero-order valence-electron chi connectivity index (χ0n) is 74.9. The molecule has 32 heteroatoms. The van der Waals surface area contributed by atoms with Crippen molar-refractivity contribution in [3.63, 3.8) is 0 Å². The Bertz CT molecular complexity index is 4710. The fourth-order valence-corrected chi connectivity index (χ4v) is 17.7. The first-order valence-electron chi connectivity index (χ1n) is 45.4. The molecule has 0 bridgehead atoms. The summed E-state index contributed by atoms with van der Waals surface area (Å²) >= 11 is 26.1. The number of nitrogens with zero attached hydrogens (tertiary/aromatic N) is 1. The third kappa shape index (κ3) is 36.2. The van der Waals surface area contributed by atoms with Gasteiger partial charge in [0, 0.05) is 67.9 Å². The van der Waals surface area contributed by atoms with Crippen molar-refractivity contribution in [3.05, 3.63) is 228 Å². The normalized spacial score (nSPS) is 18.2. The van der Waals surface area contributed by atoms with Crippen LogP contribution in [-0.2, 0) is 96.5 Å². The van der Waals surface area contributed by atoms with Gasteiger partial charge in [-0.25, -0.2) is 18.9 Å². The van der Waals surface area contributed by atoms with Gasteiger partial charge in [0.05, 0.1) is 44.5 Å². The van der Waals surface area contributed by atoms with E-state index in [1.54, 1.807) is 12.1 Å². The number of methoxy groups -OCH3 is 1. The van der Waals surface area contributed by atoms with Crippen LogP contribution in [0.25, 0.3) is 0 Å². The molecular formula is C100H120Br2Cl3F3NO22P. The highest BCUT2D eigenvalue weighted by Crippen LogP contribution is 2.59. The summed E-state index contributed by atoms with van der Waals surface area (Å²) in [5, 5.41) is 11.2.